The van der Waals surface area contributed by atoms with Gasteiger partial charge in [-0.3, -0.25) is 4.21 Å². The van der Waals surface area contributed by atoms with Gasteiger partial charge in [0, 0.05) is 11.8 Å². The summed E-state index contributed by atoms with van der Waals surface area (Å²) in [7, 11) is -2.76. The molecule has 84 valence electrons. The number of hydrogen-bond donors (Lipinski definition) is 0. The Balaban J connectivity index is 2.27. The highest BCUT2D eigenvalue weighted by atomic mass is 32.2. The van der Waals surface area contributed by atoms with E-state index in [1.165, 1.54) is 0 Å². The molecule has 15 heavy (non-hydrogen) atoms. The van der Waals surface area contributed by atoms with Crippen LogP contribution in [0, 0.1) is 11.8 Å². The topological polar surface area (TPSA) is 17.1 Å². The van der Waals surface area contributed by atoms with Gasteiger partial charge in [-0.25, -0.2) is 17.6 Å². The normalized spacial score (nSPS) is 57.7. The summed E-state index contributed by atoms with van der Waals surface area (Å²) in [5.41, 5.74) is 0. The van der Waals surface area contributed by atoms with Gasteiger partial charge in [-0.2, -0.15) is 0 Å². The number of hydrogen-bond acceptors (Lipinski definition) is 1. The minimum Gasteiger partial charge on any atom is -0.252 e. The van der Waals surface area contributed by atoms with Crippen molar-refractivity contribution >= 4 is 10.8 Å². The molecule has 2 aliphatic heterocycles. The van der Waals surface area contributed by atoms with E-state index in [1.54, 1.807) is 0 Å². The Bertz CT molecular complexity index is 375. The van der Waals surface area contributed by atoms with Gasteiger partial charge in [0.1, 0.15) is 10.8 Å². The van der Waals surface area contributed by atoms with Gasteiger partial charge in [-0.05, 0) is 12.8 Å². The summed E-state index contributed by atoms with van der Waals surface area (Å²) >= 11 is 0. The van der Waals surface area contributed by atoms with Crippen LogP contribution in [0.4, 0.5) is 17.6 Å². The Hall–Kier alpha value is -0.390. The molecule has 0 N–H and O–H groups in total. The largest absolute Gasteiger partial charge is 0.252 e. The second kappa shape index (κ2) is 2.47. The first-order valence-corrected chi connectivity index (χ1v) is 5.96. The van der Waals surface area contributed by atoms with Crippen LogP contribution in [0.5, 0.6) is 0 Å². The van der Waals surface area contributed by atoms with Crippen LogP contribution in [0.25, 0.3) is 0 Å². The van der Waals surface area contributed by atoms with Gasteiger partial charge in [0.05, 0.1) is 0 Å². The predicted octanol–water partition coefficient (Wildman–Crippen LogP) is 2.66. The lowest BCUT2D eigenvalue weighted by Crippen LogP contribution is -2.34. The van der Waals surface area contributed by atoms with Crippen molar-refractivity contribution in [1.82, 2.24) is 0 Å². The van der Waals surface area contributed by atoms with Gasteiger partial charge in [-0.1, -0.05) is 6.42 Å². The zero-order valence-electron chi connectivity index (χ0n) is 7.60. The minimum absolute atomic E-state index is 0.277. The predicted molar refractivity (Wildman–Crippen MR) is 45.9 cm³/mol. The molecule has 1 saturated carbocycles. The summed E-state index contributed by atoms with van der Waals surface area (Å²) in [6.45, 7) is 0. The molecule has 0 radical (unpaired) electrons. The van der Waals surface area contributed by atoms with Gasteiger partial charge >= 0.3 is 0 Å². The molecule has 3 rings (SSSR count). The maximum Gasteiger partial charge on any atom is 0.245 e. The standard InChI is InChI=1S/C9H8F4OS/c10-6-7(11)9(13)5-3-1-2-4(5)8(6,12)15(9)14/h4-5H,1-3H2/t4?,5?,8-,9+,15?. The Morgan fingerprint density at radius 2 is 1.47 bits per heavy atom. The van der Waals surface area contributed by atoms with Gasteiger partial charge in [0.25, 0.3) is 0 Å². The van der Waals surface area contributed by atoms with Crippen LogP contribution in [-0.4, -0.2) is 14.2 Å². The molecular weight excluding hydrogens is 232 g/mol. The zero-order valence-corrected chi connectivity index (χ0v) is 8.42. The monoisotopic (exact) mass is 240 g/mol. The third-order valence-electron chi connectivity index (χ3n) is 3.80. The van der Waals surface area contributed by atoms with E-state index in [2.05, 4.69) is 0 Å². The van der Waals surface area contributed by atoms with E-state index in [0.717, 1.165) is 0 Å². The number of halogens is 4. The van der Waals surface area contributed by atoms with E-state index in [0.29, 0.717) is 6.42 Å². The summed E-state index contributed by atoms with van der Waals surface area (Å²) in [5, 5.41) is -5.81. The maximum absolute atomic E-state index is 14.1. The second-order valence-electron chi connectivity index (χ2n) is 4.33. The van der Waals surface area contributed by atoms with Crippen LogP contribution in [0.1, 0.15) is 19.3 Å². The van der Waals surface area contributed by atoms with Crippen molar-refractivity contribution in [2.75, 3.05) is 0 Å². The van der Waals surface area contributed by atoms with Crippen molar-refractivity contribution in [3.05, 3.63) is 11.7 Å². The molecule has 1 aliphatic carbocycles. The minimum atomic E-state index is -2.90. The molecule has 1 saturated heterocycles. The number of rotatable bonds is 0. The average molecular weight is 240 g/mol. The molecule has 6 heteroatoms. The third-order valence-corrected chi connectivity index (χ3v) is 5.84. The van der Waals surface area contributed by atoms with Gasteiger partial charge in [0.15, 0.2) is 11.7 Å². The van der Waals surface area contributed by atoms with Crippen LogP contribution < -0.4 is 0 Å². The van der Waals surface area contributed by atoms with Crippen molar-refractivity contribution < 1.29 is 21.8 Å². The highest BCUT2D eigenvalue weighted by Crippen LogP contribution is 2.68. The van der Waals surface area contributed by atoms with Gasteiger partial charge < -0.3 is 0 Å². The molecule has 2 fully saturated rings. The molecule has 0 spiro atoms. The van der Waals surface area contributed by atoms with E-state index >= 15 is 0 Å². The highest BCUT2D eigenvalue weighted by molar-refractivity contribution is 7.88. The number of alkyl halides is 2. The molecular formula is C9H8F4OS. The summed E-state index contributed by atoms with van der Waals surface area (Å²) in [6.07, 6.45) is 1.09. The first-order chi connectivity index (χ1) is 6.95. The fourth-order valence-electron chi connectivity index (χ4n) is 3.13. The Labute approximate surface area is 86.0 Å². The summed E-state index contributed by atoms with van der Waals surface area (Å²) in [6, 6.07) is 0. The van der Waals surface area contributed by atoms with Crippen LogP contribution >= 0.6 is 0 Å². The molecule has 2 heterocycles. The molecule has 3 unspecified atom stereocenters. The second-order valence-corrected chi connectivity index (χ2v) is 6.06. The van der Waals surface area contributed by atoms with Crippen LogP contribution in [0.15, 0.2) is 11.7 Å². The number of fused-ring (bicyclic) bond motifs is 5. The summed E-state index contributed by atoms with van der Waals surface area (Å²) in [5.74, 6) is -5.45. The van der Waals surface area contributed by atoms with Gasteiger partial charge in [0.2, 0.25) is 10.0 Å². The highest BCUT2D eigenvalue weighted by Gasteiger charge is 2.79. The lowest BCUT2D eigenvalue weighted by molar-refractivity contribution is 0.0923. The van der Waals surface area contributed by atoms with E-state index in [9.17, 15) is 21.8 Å². The van der Waals surface area contributed by atoms with E-state index < -0.39 is 44.3 Å². The lowest BCUT2D eigenvalue weighted by Gasteiger charge is -2.26. The Morgan fingerprint density at radius 1 is 1.07 bits per heavy atom. The van der Waals surface area contributed by atoms with Crippen LogP contribution in [-0.2, 0) is 10.8 Å². The smallest absolute Gasteiger partial charge is 0.245 e. The average Bonchev–Trinajstić information content (AvgIpc) is 2.79. The summed E-state index contributed by atoms with van der Waals surface area (Å²) in [4.78, 5) is 0. The molecule has 5 atom stereocenters. The Morgan fingerprint density at radius 3 is 1.87 bits per heavy atom. The zero-order chi connectivity index (χ0) is 11.0. The van der Waals surface area contributed by atoms with E-state index in [4.69, 9.17) is 0 Å². The fraction of sp³-hybridized carbons (Fsp3) is 0.778. The van der Waals surface area contributed by atoms with Crippen molar-refractivity contribution in [3.63, 3.8) is 0 Å². The quantitative estimate of drug-likeness (QED) is 0.595. The van der Waals surface area contributed by atoms with Gasteiger partial charge in [-0.15, -0.1) is 0 Å². The molecule has 2 bridgehead atoms. The molecule has 1 nitrogen and oxygen atoms in total. The fourth-order valence-corrected chi connectivity index (χ4v) is 5.18. The van der Waals surface area contributed by atoms with Crippen molar-refractivity contribution in [3.8, 4) is 0 Å². The third kappa shape index (κ3) is 0.745. The van der Waals surface area contributed by atoms with E-state index in [1.807, 2.05) is 0 Å². The molecule has 0 aromatic rings. The molecule has 0 amide bonds. The van der Waals surface area contributed by atoms with Crippen molar-refractivity contribution in [1.29, 1.82) is 0 Å². The molecule has 3 aliphatic rings. The SMILES string of the molecule is O=S1[C@@]2(F)C(F)=C(F)[C@]1(F)C1CCCC12. The summed E-state index contributed by atoms with van der Waals surface area (Å²) < 4.78 is 66.2. The molecule has 0 aromatic heterocycles. The molecule has 0 aromatic carbocycles. The van der Waals surface area contributed by atoms with Crippen molar-refractivity contribution in [2.45, 2.75) is 29.3 Å². The van der Waals surface area contributed by atoms with Crippen molar-refractivity contribution in [2.24, 2.45) is 11.8 Å². The Kier molecular flexibility index (Phi) is 1.61. The maximum atomic E-state index is 14.1. The first kappa shape index (κ1) is 9.81. The van der Waals surface area contributed by atoms with Crippen LogP contribution in [0.2, 0.25) is 0 Å². The first-order valence-electron chi connectivity index (χ1n) is 4.81. The lowest BCUT2D eigenvalue weighted by atomic mass is 9.82. The van der Waals surface area contributed by atoms with E-state index in [-0.39, 0.29) is 12.8 Å². The van der Waals surface area contributed by atoms with Crippen LogP contribution in [0.3, 0.4) is 0 Å².